The van der Waals surface area contributed by atoms with Crippen LogP contribution in [0.25, 0.3) is 0 Å². The highest BCUT2D eigenvalue weighted by Gasteiger charge is 2.22. The first-order chi connectivity index (χ1) is 8.16. The first-order valence-corrected chi connectivity index (χ1v) is 6.74. The van der Waals surface area contributed by atoms with Gasteiger partial charge >= 0.3 is 0 Å². The molecule has 0 aliphatic heterocycles. The Morgan fingerprint density at radius 2 is 2.12 bits per heavy atom. The van der Waals surface area contributed by atoms with E-state index in [1.807, 2.05) is 18.2 Å². The molecule has 1 aliphatic rings. The third-order valence-electron chi connectivity index (χ3n) is 3.69. The minimum atomic E-state index is 0.377. The van der Waals surface area contributed by atoms with Gasteiger partial charge in [-0.25, -0.2) is 0 Å². The fourth-order valence-electron chi connectivity index (χ4n) is 2.63. The molecule has 17 heavy (non-hydrogen) atoms. The van der Waals surface area contributed by atoms with E-state index in [0.29, 0.717) is 12.1 Å². The first-order valence-electron chi connectivity index (χ1n) is 6.36. The molecular weight excluding hydrogens is 232 g/mol. The summed E-state index contributed by atoms with van der Waals surface area (Å²) in [6.07, 6.45) is 4.80. The summed E-state index contributed by atoms with van der Waals surface area (Å²) in [5.74, 6) is 0. The van der Waals surface area contributed by atoms with Crippen molar-refractivity contribution in [1.29, 1.82) is 0 Å². The van der Waals surface area contributed by atoms with Crippen molar-refractivity contribution in [2.45, 2.75) is 44.3 Å². The van der Waals surface area contributed by atoms with E-state index in [4.69, 9.17) is 17.3 Å². The Morgan fingerprint density at radius 1 is 1.35 bits per heavy atom. The molecule has 0 amide bonds. The maximum Gasteiger partial charge on any atom is 0.0451 e. The number of hydrogen-bond donors (Lipinski definition) is 1. The summed E-state index contributed by atoms with van der Waals surface area (Å²) in [7, 11) is 2.17. The van der Waals surface area contributed by atoms with E-state index >= 15 is 0 Å². The second-order valence-corrected chi connectivity index (χ2v) is 5.49. The molecule has 2 N–H and O–H groups in total. The number of rotatable bonds is 3. The van der Waals surface area contributed by atoms with Gasteiger partial charge in [-0.05, 0) is 37.9 Å². The van der Waals surface area contributed by atoms with Crippen molar-refractivity contribution in [3.63, 3.8) is 0 Å². The average Bonchev–Trinajstić information content (AvgIpc) is 2.32. The molecule has 1 aromatic rings. The van der Waals surface area contributed by atoms with Crippen molar-refractivity contribution in [3.8, 4) is 0 Å². The summed E-state index contributed by atoms with van der Waals surface area (Å²) in [5, 5.41) is 0.861. The van der Waals surface area contributed by atoms with E-state index in [2.05, 4.69) is 18.0 Å². The second kappa shape index (κ2) is 5.85. The summed E-state index contributed by atoms with van der Waals surface area (Å²) in [6, 6.07) is 9.06. The van der Waals surface area contributed by atoms with Crippen LogP contribution in [0.5, 0.6) is 0 Å². The van der Waals surface area contributed by atoms with Crippen molar-refractivity contribution in [3.05, 3.63) is 34.9 Å². The van der Waals surface area contributed by atoms with Crippen molar-refractivity contribution in [1.82, 2.24) is 4.90 Å². The minimum Gasteiger partial charge on any atom is -0.328 e. The highest BCUT2D eigenvalue weighted by molar-refractivity contribution is 6.31. The van der Waals surface area contributed by atoms with E-state index in [9.17, 15) is 0 Å². The van der Waals surface area contributed by atoms with Gasteiger partial charge in [-0.1, -0.05) is 36.2 Å². The van der Waals surface area contributed by atoms with Crippen LogP contribution in [0.15, 0.2) is 24.3 Å². The van der Waals surface area contributed by atoms with Gasteiger partial charge in [0.05, 0.1) is 0 Å². The monoisotopic (exact) mass is 252 g/mol. The lowest BCUT2D eigenvalue weighted by molar-refractivity contribution is 0.173. The Morgan fingerprint density at radius 3 is 2.82 bits per heavy atom. The Hall–Kier alpha value is -0.570. The van der Waals surface area contributed by atoms with Crippen molar-refractivity contribution in [2.24, 2.45) is 5.73 Å². The maximum absolute atomic E-state index is 6.18. The van der Waals surface area contributed by atoms with Gasteiger partial charge in [0.2, 0.25) is 0 Å². The molecule has 94 valence electrons. The molecule has 1 fully saturated rings. The SMILES string of the molecule is CN(Cc1ccccc1Cl)C1CCCC(N)C1. The number of halogens is 1. The highest BCUT2D eigenvalue weighted by Crippen LogP contribution is 2.24. The zero-order valence-corrected chi connectivity index (χ0v) is 11.2. The van der Waals surface area contributed by atoms with E-state index in [0.717, 1.165) is 18.0 Å². The molecule has 0 bridgehead atoms. The van der Waals surface area contributed by atoms with Crippen LogP contribution in [0, 0.1) is 0 Å². The molecule has 1 saturated carbocycles. The molecule has 0 spiro atoms. The average molecular weight is 253 g/mol. The third-order valence-corrected chi connectivity index (χ3v) is 4.06. The number of nitrogens with two attached hydrogens (primary N) is 1. The Balaban J connectivity index is 1.96. The van der Waals surface area contributed by atoms with Crippen LogP contribution in [0.2, 0.25) is 5.02 Å². The van der Waals surface area contributed by atoms with Gasteiger partial charge in [0, 0.05) is 23.7 Å². The molecule has 0 aromatic heterocycles. The minimum absolute atomic E-state index is 0.377. The first kappa shape index (κ1) is 12.9. The van der Waals surface area contributed by atoms with Gasteiger partial charge in [0.25, 0.3) is 0 Å². The van der Waals surface area contributed by atoms with Crippen LogP contribution < -0.4 is 5.73 Å². The third kappa shape index (κ3) is 3.44. The second-order valence-electron chi connectivity index (χ2n) is 5.09. The van der Waals surface area contributed by atoms with Crippen LogP contribution in [0.4, 0.5) is 0 Å². The maximum atomic E-state index is 6.18. The lowest BCUT2D eigenvalue weighted by Gasteiger charge is -2.34. The van der Waals surface area contributed by atoms with E-state index in [1.54, 1.807) is 0 Å². The molecule has 1 aliphatic carbocycles. The van der Waals surface area contributed by atoms with Crippen LogP contribution in [0.1, 0.15) is 31.2 Å². The van der Waals surface area contributed by atoms with Crippen molar-refractivity contribution in [2.75, 3.05) is 7.05 Å². The van der Waals surface area contributed by atoms with E-state index in [-0.39, 0.29) is 0 Å². The van der Waals surface area contributed by atoms with Crippen molar-refractivity contribution >= 4 is 11.6 Å². The molecule has 0 heterocycles. The normalized spacial score (nSPS) is 25.2. The molecule has 0 saturated heterocycles. The summed E-state index contributed by atoms with van der Waals surface area (Å²) >= 11 is 6.18. The molecule has 3 heteroatoms. The summed E-state index contributed by atoms with van der Waals surface area (Å²) < 4.78 is 0. The Bertz CT molecular complexity index is 367. The standard InChI is InChI=1S/C14H21ClN2/c1-17(13-7-4-6-12(16)9-13)10-11-5-2-3-8-14(11)15/h2-3,5,8,12-13H,4,6-7,9-10,16H2,1H3. The topological polar surface area (TPSA) is 29.3 Å². The number of hydrogen-bond acceptors (Lipinski definition) is 2. The lowest BCUT2D eigenvalue weighted by Crippen LogP contribution is -2.40. The predicted molar refractivity (Wildman–Crippen MR) is 73.2 cm³/mol. The Labute approximate surface area is 109 Å². The van der Waals surface area contributed by atoms with Gasteiger partial charge in [-0.3, -0.25) is 4.90 Å². The van der Waals surface area contributed by atoms with Gasteiger partial charge in [0.1, 0.15) is 0 Å². The molecule has 2 rings (SSSR count). The molecule has 2 nitrogen and oxygen atoms in total. The fraction of sp³-hybridized carbons (Fsp3) is 0.571. The quantitative estimate of drug-likeness (QED) is 0.896. The molecule has 0 radical (unpaired) electrons. The van der Waals surface area contributed by atoms with Crippen LogP contribution in [-0.4, -0.2) is 24.0 Å². The number of benzene rings is 1. The molecular formula is C14H21ClN2. The molecule has 2 unspecified atom stereocenters. The van der Waals surface area contributed by atoms with Gasteiger partial charge in [-0.15, -0.1) is 0 Å². The van der Waals surface area contributed by atoms with Crippen LogP contribution in [0.3, 0.4) is 0 Å². The smallest absolute Gasteiger partial charge is 0.0451 e. The number of nitrogens with zero attached hydrogens (tertiary/aromatic N) is 1. The summed E-state index contributed by atoms with van der Waals surface area (Å²) in [5.41, 5.74) is 7.24. The zero-order valence-electron chi connectivity index (χ0n) is 10.4. The van der Waals surface area contributed by atoms with Gasteiger partial charge in [0.15, 0.2) is 0 Å². The highest BCUT2D eigenvalue weighted by atomic mass is 35.5. The summed E-state index contributed by atoms with van der Waals surface area (Å²) in [4.78, 5) is 2.39. The van der Waals surface area contributed by atoms with Crippen LogP contribution >= 0.6 is 11.6 Å². The predicted octanol–water partition coefficient (Wildman–Crippen LogP) is 3.04. The van der Waals surface area contributed by atoms with Gasteiger partial charge < -0.3 is 5.73 Å². The van der Waals surface area contributed by atoms with E-state index in [1.165, 1.54) is 24.8 Å². The van der Waals surface area contributed by atoms with Crippen LogP contribution in [-0.2, 0) is 6.54 Å². The lowest BCUT2D eigenvalue weighted by atomic mass is 9.90. The fourth-order valence-corrected chi connectivity index (χ4v) is 2.82. The van der Waals surface area contributed by atoms with Crippen molar-refractivity contribution < 1.29 is 0 Å². The Kier molecular flexibility index (Phi) is 4.43. The zero-order chi connectivity index (χ0) is 12.3. The molecule has 1 aromatic carbocycles. The summed E-state index contributed by atoms with van der Waals surface area (Å²) in [6.45, 7) is 0.914. The largest absolute Gasteiger partial charge is 0.328 e. The molecule has 2 atom stereocenters. The van der Waals surface area contributed by atoms with E-state index < -0.39 is 0 Å². The van der Waals surface area contributed by atoms with Gasteiger partial charge in [-0.2, -0.15) is 0 Å².